The van der Waals surface area contributed by atoms with E-state index in [9.17, 15) is 0 Å². The van der Waals surface area contributed by atoms with Crippen LogP contribution in [0.2, 0.25) is 0 Å². The standard InChI is InChI=1S/C17H29N3/c1-6-8-9-11-20(5)17-16(13-18-10-7-2)14(3)12-15(4)19-17/h6,12,18H,1,7-11,13H2,2-5H3. The van der Waals surface area contributed by atoms with Gasteiger partial charge in [0.1, 0.15) is 5.82 Å². The molecule has 0 atom stereocenters. The predicted molar refractivity (Wildman–Crippen MR) is 88.4 cm³/mol. The number of hydrogen-bond donors (Lipinski definition) is 1. The average Bonchev–Trinajstić information content (AvgIpc) is 2.41. The number of nitrogens with one attached hydrogen (secondary N) is 1. The van der Waals surface area contributed by atoms with E-state index in [0.717, 1.165) is 50.4 Å². The van der Waals surface area contributed by atoms with Gasteiger partial charge in [0.05, 0.1) is 0 Å². The minimum Gasteiger partial charge on any atom is -0.359 e. The first-order valence-corrected chi connectivity index (χ1v) is 7.60. The number of aromatic nitrogens is 1. The summed E-state index contributed by atoms with van der Waals surface area (Å²) in [7, 11) is 2.13. The van der Waals surface area contributed by atoms with Crippen LogP contribution in [-0.2, 0) is 6.54 Å². The number of aryl methyl sites for hydroxylation is 2. The lowest BCUT2D eigenvalue weighted by atomic mass is 10.1. The molecule has 112 valence electrons. The van der Waals surface area contributed by atoms with Crippen molar-refractivity contribution in [3.8, 4) is 0 Å². The Bertz CT molecular complexity index is 426. The molecule has 0 fully saturated rings. The fraction of sp³-hybridized carbons (Fsp3) is 0.588. The van der Waals surface area contributed by atoms with Crippen molar-refractivity contribution in [2.45, 2.75) is 46.6 Å². The molecule has 0 bridgehead atoms. The molecule has 0 aromatic carbocycles. The van der Waals surface area contributed by atoms with Crippen molar-refractivity contribution in [3.63, 3.8) is 0 Å². The van der Waals surface area contributed by atoms with Crippen molar-refractivity contribution in [3.05, 3.63) is 35.5 Å². The van der Waals surface area contributed by atoms with Crippen molar-refractivity contribution < 1.29 is 0 Å². The van der Waals surface area contributed by atoms with E-state index >= 15 is 0 Å². The van der Waals surface area contributed by atoms with Crippen molar-refractivity contribution in [1.29, 1.82) is 0 Å². The number of hydrogen-bond acceptors (Lipinski definition) is 3. The second-order valence-corrected chi connectivity index (χ2v) is 5.41. The quantitative estimate of drug-likeness (QED) is 0.551. The van der Waals surface area contributed by atoms with E-state index in [1.54, 1.807) is 0 Å². The van der Waals surface area contributed by atoms with E-state index in [4.69, 9.17) is 4.98 Å². The normalized spacial score (nSPS) is 10.6. The van der Waals surface area contributed by atoms with Gasteiger partial charge in [0.25, 0.3) is 0 Å². The summed E-state index contributed by atoms with van der Waals surface area (Å²) in [5.41, 5.74) is 3.74. The molecule has 1 aromatic heterocycles. The highest BCUT2D eigenvalue weighted by atomic mass is 15.2. The maximum atomic E-state index is 4.75. The summed E-state index contributed by atoms with van der Waals surface area (Å²) in [6, 6.07) is 2.17. The molecular weight excluding hydrogens is 246 g/mol. The molecule has 1 rings (SSSR count). The third kappa shape index (κ3) is 4.97. The van der Waals surface area contributed by atoms with E-state index in [1.165, 1.54) is 11.1 Å². The third-order valence-corrected chi connectivity index (χ3v) is 3.45. The van der Waals surface area contributed by atoms with E-state index in [-0.39, 0.29) is 0 Å². The summed E-state index contributed by atoms with van der Waals surface area (Å²) >= 11 is 0. The van der Waals surface area contributed by atoms with Crippen molar-refractivity contribution in [2.75, 3.05) is 25.0 Å². The molecule has 3 nitrogen and oxygen atoms in total. The number of allylic oxidation sites excluding steroid dienone is 1. The largest absolute Gasteiger partial charge is 0.359 e. The smallest absolute Gasteiger partial charge is 0.133 e. The van der Waals surface area contributed by atoms with Crippen LogP contribution in [0.15, 0.2) is 18.7 Å². The summed E-state index contributed by atoms with van der Waals surface area (Å²) in [4.78, 5) is 7.02. The molecule has 1 N–H and O–H groups in total. The number of pyridine rings is 1. The van der Waals surface area contributed by atoms with Crippen LogP contribution in [0.1, 0.15) is 43.0 Å². The van der Waals surface area contributed by atoms with Crippen LogP contribution in [0.5, 0.6) is 0 Å². The molecule has 0 amide bonds. The van der Waals surface area contributed by atoms with Crippen LogP contribution in [-0.4, -0.2) is 25.1 Å². The van der Waals surface area contributed by atoms with Crippen molar-refractivity contribution in [2.24, 2.45) is 0 Å². The highest BCUT2D eigenvalue weighted by Gasteiger charge is 2.12. The van der Waals surface area contributed by atoms with Crippen LogP contribution >= 0.6 is 0 Å². The van der Waals surface area contributed by atoms with Gasteiger partial charge < -0.3 is 10.2 Å². The van der Waals surface area contributed by atoms with Crippen LogP contribution in [0.25, 0.3) is 0 Å². The fourth-order valence-corrected chi connectivity index (χ4v) is 2.35. The molecule has 1 heterocycles. The van der Waals surface area contributed by atoms with Gasteiger partial charge in [0, 0.05) is 31.4 Å². The van der Waals surface area contributed by atoms with Gasteiger partial charge in [-0.1, -0.05) is 13.0 Å². The van der Waals surface area contributed by atoms with Gasteiger partial charge in [0.2, 0.25) is 0 Å². The zero-order chi connectivity index (χ0) is 15.0. The molecule has 0 radical (unpaired) electrons. The Kier molecular flexibility index (Phi) is 7.31. The van der Waals surface area contributed by atoms with Gasteiger partial charge in [-0.25, -0.2) is 4.98 Å². The molecule has 0 aliphatic rings. The molecule has 0 aliphatic carbocycles. The van der Waals surface area contributed by atoms with Gasteiger partial charge in [0.15, 0.2) is 0 Å². The van der Waals surface area contributed by atoms with E-state index < -0.39 is 0 Å². The highest BCUT2D eigenvalue weighted by molar-refractivity contribution is 5.51. The summed E-state index contributed by atoms with van der Waals surface area (Å²) in [6.45, 7) is 13.2. The molecule has 0 spiro atoms. The first kappa shape index (κ1) is 16.7. The minimum atomic E-state index is 0.897. The lowest BCUT2D eigenvalue weighted by molar-refractivity contribution is 0.667. The van der Waals surface area contributed by atoms with Crippen LogP contribution < -0.4 is 10.2 Å². The Labute approximate surface area is 124 Å². The van der Waals surface area contributed by atoms with Gasteiger partial charge in [-0.2, -0.15) is 0 Å². The molecule has 20 heavy (non-hydrogen) atoms. The number of rotatable bonds is 9. The second-order valence-electron chi connectivity index (χ2n) is 5.41. The SMILES string of the molecule is C=CCCCN(C)c1nc(C)cc(C)c1CNCCC. The highest BCUT2D eigenvalue weighted by Crippen LogP contribution is 2.22. The molecule has 1 aromatic rings. The Morgan fingerprint density at radius 2 is 2.15 bits per heavy atom. The zero-order valence-electron chi connectivity index (χ0n) is 13.5. The fourth-order valence-electron chi connectivity index (χ4n) is 2.35. The maximum Gasteiger partial charge on any atom is 0.133 e. The Hall–Kier alpha value is -1.35. The van der Waals surface area contributed by atoms with Gasteiger partial charge in [-0.15, -0.1) is 6.58 Å². The maximum absolute atomic E-state index is 4.75. The monoisotopic (exact) mass is 275 g/mol. The number of anilines is 1. The summed E-state index contributed by atoms with van der Waals surface area (Å²) in [5, 5.41) is 3.49. The molecule has 0 unspecified atom stereocenters. The average molecular weight is 275 g/mol. The third-order valence-electron chi connectivity index (χ3n) is 3.45. The van der Waals surface area contributed by atoms with E-state index in [1.807, 2.05) is 6.08 Å². The summed E-state index contributed by atoms with van der Waals surface area (Å²) in [5.74, 6) is 1.12. The molecular formula is C17H29N3. The van der Waals surface area contributed by atoms with Crippen molar-refractivity contribution >= 4 is 5.82 Å². The van der Waals surface area contributed by atoms with Gasteiger partial charge in [-0.05, 0) is 51.3 Å². The summed E-state index contributed by atoms with van der Waals surface area (Å²) < 4.78 is 0. The number of unbranched alkanes of at least 4 members (excludes halogenated alkanes) is 1. The topological polar surface area (TPSA) is 28.2 Å². The first-order valence-electron chi connectivity index (χ1n) is 7.60. The zero-order valence-corrected chi connectivity index (χ0v) is 13.5. The van der Waals surface area contributed by atoms with Gasteiger partial charge >= 0.3 is 0 Å². The van der Waals surface area contributed by atoms with E-state index in [2.05, 4.69) is 50.7 Å². The summed E-state index contributed by atoms with van der Waals surface area (Å²) in [6.07, 6.45) is 5.31. The van der Waals surface area contributed by atoms with Crippen molar-refractivity contribution in [1.82, 2.24) is 10.3 Å². The van der Waals surface area contributed by atoms with Crippen LogP contribution in [0.4, 0.5) is 5.82 Å². The predicted octanol–water partition coefficient (Wildman–Crippen LogP) is 3.60. The number of nitrogens with zero attached hydrogens (tertiary/aromatic N) is 2. The van der Waals surface area contributed by atoms with E-state index in [0.29, 0.717) is 0 Å². The molecule has 0 saturated heterocycles. The first-order chi connectivity index (χ1) is 9.60. The van der Waals surface area contributed by atoms with Gasteiger partial charge in [-0.3, -0.25) is 0 Å². The van der Waals surface area contributed by atoms with Crippen LogP contribution in [0.3, 0.4) is 0 Å². The minimum absolute atomic E-state index is 0.897. The lowest BCUT2D eigenvalue weighted by Crippen LogP contribution is -2.24. The molecule has 3 heteroatoms. The Morgan fingerprint density at radius 1 is 1.40 bits per heavy atom. The Balaban J connectivity index is 2.87. The Morgan fingerprint density at radius 3 is 2.80 bits per heavy atom. The molecule has 0 saturated carbocycles. The second kappa shape index (κ2) is 8.75. The lowest BCUT2D eigenvalue weighted by Gasteiger charge is -2.23. The molecule has 0 aliphatic heterocycles. The van der Waals surface area contributed by atoms with Crippen LogP contribution in [0, 0.1) is 13.8 Å².